The van der Waals surface area contributed by atoms with Crippen LogP contribution < -0.4 is 38.1 Å². The number of anilines is 5. The fourth-order valence-corrected chi connectivity index (χ4v) is 5.76. The van der Waals surface area contributed by atoms with Gasteiger partial charge in [-0.05, 0) is 61.4 Å². The number of carbonyl (C=O) groups excluding carboxylic acids is 2. The molecule has 2 atom stereocenters. The number of aliphatic carboxylic acids is 4. The molecule has 0 fully saturated rings. The number of benzene rings is 2. The molecule has 2 aromatic carbocycles. The monoisotopic (exact) mass is 895 g/mol. The Labute approximate surface area is 366 Å². The molecule has 0 aliphatic heterocycles. The van der Waals surface area contributed by atoms with Crippen molar-refractivity contribution in [2.75, 3.05) is 34.5 Å². The molecule has 0 spiro atoms. The predicted molar refractivity (Wildman–Crippen MR) is 229 cm³/mol. The summed E-state index contributed by atoms with van der Waals surface area (Å²) in [6.45, 7) is 0.614. The highest BCUT2D eigenvalue weighted by molar-refractivity contribution is 5.97. The first-order chi connectivity index (χ1) is 30.9. The van der Waals surface area contributed by atoms with Crippen LogP contribution in [0.25, 0.3) is 22.3 Å². The lowest BCUT2D eigenvalue weighted by atomic mass is 10.1. The van der Waals surface area contributed by atoms with Crippen molar-refractivity contribution in [3.05, 3.63) is 83.4 Å². The lowest BCUT2D eigenvalue weighted by Crippen LogP contribution is -2.41. The lowest BCUT2D eigenvalue weighted by molar-refractivity contribution is -0.142. The molecular formula is C39H41N15O11. The van der Waals surface area contributed by atoms with Gasteiger partial charge in [-0.2, -0.15) is 19.9 Å². The van der Waals surface area contributed by atoms with Gasteiger partial charge in [-0.3, -0.25) is 19.2 Å². The molecule has 0 bridgehead atoms. The van der Waals surface area contributed by atoms with Gasteiger partial charge in [0, 0.05) is 42.4 Å². The third-order valence-electron chi connectivity index (χ3n) is 9.05. The molecule has 4 aromatic heterocycles. The summed E-state index contributed by atoms with van der Waals surface area (Å²) >= 11 is 0. The SMILES string of the molecule is CN(Cc1cnc2nc(N)nc(O)c2n1)c1ccc(C(=O)N[C@@H](CCC(=O)O)C(=O)O)cc1.Nc1nc(N)c2nc(CNc3ccc(C(=O)NC(CCC(=O)O)C(=O)O)cc3)cnc2n1. The van der Waals surface area contributed by atoms with Crippen molar-refractivity contribution in [2.24, 2.45) is 0 Å². The number of carboxylic acids is 4. The van der Waals surface area contributed by atoms with Crippen LogP contribution in [0.5, 0.6) is 5.88 Å². The number of hydrogen-bond acceptors (Lipinski definition) is 20. The molecule has 0 aliphatic carbocycles. The zero-order valence-corrected chi connectivity index (χ0v) is 34.1. The molecule has 65 heavy (non-hydrogen) atoms. The number of rotatable bonds is 18. The number of carboxylic acid groups (broad SMARTS) is 4. The van der Waals surface area contributed by atoms with Gasteiger partial charge in [-0.15, -0.1) is 0 Å². The van der Waals surface area contributed by atoms with E-state index in [1.54, 1.807) is 31.3 Å². The van der Waals surface area contributed by atoms with Gasteiger partial charge in [0.1, 0.15) is 12.1 Å². The molecule has 0 saturated carbocycles. The van der Waals surface area contributed by atoms with Gasteiger partial charge in [0.2, 0.25) is 17.8 Å². The molecule has 26 heteroatoms. The van der Waals surface area contributed by atoms with E-state index in [-0.39, 0.29) is 77.2 Å². The van der Waals surface area contributed by atoms with Crippen LogP contribution in [0, 0.1) is 0 Å². The summed E-state index contributed by atoms with van der Waals surface area (Å²) in [5.74, 6) is -6.49. The normalized spacial score (nSPS) is 11.6. The number of carbonyl (C=O) groups is 6. The maximum absolute atomic E-state index is 12.4. The number of aromatic nitrogens is 8. The highest BCUT2D eigenvalue weighted by Gasteiger charge is 2.23. The van der Waals surface area contributed by atoms with E-state index in [0.717, 1.165) is 5.69 Å². The molecule has 6 rings (SSSR count). The number of nitrogens with one attached hydrogen (secondary N) is 3. The second-order valence-electron chi connectivity index (χ2n) is 13.9. The summed E-state index contributed by atoms with van der Waals surface area (Å²) in [4.78, 5) is 103. The largest absolute Gasteiger partial charge is 0.492 e. The van der Waals surface area contributed by atoms with Crippen LogP contribution in [-0.2, 0) is 32.3 Å². The third-order valence-corrected chi connectivity index (χ3v) is 9.05. The Morgan fingerprint density at radius 3 is 1.63 bits per heavy atom. The molecule has 4 heterocycles. The summed E-state index contributed by atoms with van der Waals surface area (Å²) in [7, 11) is 1.78. The van der Waals surface area contributed by atoms with Crippen molar-refractivity contribution in [3.63, 3.8) is 0 Å². The predicted octanol–water partition coefficient (Wildman–Crippen LogP) is 0.636. The van der Waals surface area contributed by atoms with Crippen LogP contribution in [0.2, 0.25) is 0 Å². The molecule has 1 unspecified atom stereocenters. The molecule has 0 saturated heterocycles. The standard InChI is InChI=1S/C20H21N7O6.C19H20N8O5/c1-27(9-11-8-22-16-15(23-11)18(31)26-20(21)25-16)12-4-2-10(3-5-12)17(30)24-13(19(32)33)6-7-14(28)29;20-15-14-16(27-19(21)26-15)23-8-11(24-14)7-22-10-3-1-9(2-4-10)17(30)25-12(18(31)32)5-6-13(28)29/h2-5,8,13H,6-7,9H2,1H3,(H,24,30)(H,28,29)(H,32,33)(H3,21,22,25,26,31);1-4,8,12,22H,5-7H2,(H,25,30)(H,28,29)(H,31,32)(H4,20,21,23,26,27)/t13-;/m0./s1. The second kappa shape index (κ2) is 21.1. The van der Waals surface area contributed by atoms with Crippen LogP contribution in [-0.4, -0.2) is 120 Å². The van der Waals surface area contributed by atoms with E-state index in [0.29, 0.717) is 35.7 Å². The van der Waals surface area contributed by atoms with Gasteiger partial charge < -0.3 is 63.6 Å². The van der Waals surface area contributed by atoms with Crippen LogP contribution >= 0.6 is 0 Å². The first kappa shape index (κ1) is 47.0. The number of fused-ring (bicyclic) bond motifs is 2. The number of aromatic hydroxyl groups is 1. The fourth-order valence-electron chi connectivity index (χ4n) is 5.76. The summed E-state index contributed by atoms with van der Waals surface area (Å²) in [6, 6.07) is 10.0. The van der Waals surface area contributed by atoms with Gasteiger partial charge in [0.25, 0.3) is 11.8 Å². The van der Waals surface area contributed by atoms with E-state index in [9.17, 15) is 39.0 Å². The number of nitrogens with zero attached hydrogens (tertiary/aromatic N) is 9. The molecule has 0 aliphatic rings. The van der Waals surface area contributed by atoms with Crippen molar-refractivity contribution in [1.29, 1.82) is 0 Å². The molecule has 0 radical (unpaired) electrons. The minimum absolute atomic E-state index is 0.0101. The van der Waals surface area contributed by atoms with Crippen molar-refractivity contribution in [1.82, 2.24) is 50.5 Å². The van der Waals surface area contributed by atoms with Crippen molar-refractivity contribution in [2.45, 2.75) is 50.9 Å². The van der Waals surface area contributed by atoms with Crippen molar-refractivity contribution >= 4 is 87.1 Å². The summed E-state index contributed by atoms with van der Waals surface area (Å²) in [5.41, 5.74) is 20.7. The van der Waals surface area contributed by atoms with Crippen molar-refractivity contribution in [3.8, 4) is 5.88 Å². The smallest absolute Gasteiger partial charge is 0.326 e. The van der Waals surface area contributed by atoms with E-state index in [1.165, 1.54) is 36.7 Å². The maximum Gasteiger partial charge on any atom is 0.326 e. The average molecular weight is 896 g/mol. The molecule has 6 aromatic rings. The second-order valence-corrected chi connectivity index (χ2v) is 13.9. The third kappa shape index (κ3) is 13.2. The quantitative estimate of drug-likeness (QED) is 0.0563. The number of nitrogens with two attached hydrogens (primary N) is 3. The van der Waals surface area contributed by atoms with Gasteiger partial charge in [0.15, 0.2) is 28.1 Å². The van der Waals surface area contributed by atoms with E-state index in [4.69, 9.17) is 32.5 Å². The fraction of sp³-hybridized carbons (Fsp3) is 0.231. The first-order valence-electron chi connectivity index (χ1n) is 19.1. The highest BCUT2D eigenvalue weighted by Crippen LogP contribution is 2.21. The topological polar surface area (TPSA) is 424 Å². The minimum Gasteiger partial charge on any atom is -0.492 e. The Kier molecular flexibility index (Phi) is 15.3. The molecule has 338 valence electrons. The number of hydrogen-bond donors (Lipinski definition) is 11. The van der Waals surface area contributed by atoms with E-state index in [2.05, 4.69) is 55.8 Å². The van der Waals surface area contributed by atoms with E-state index < -0.39 is 47.8 Å². The summed E-state index contributed by atoms with van der Waals surface area (Å²) in [5, 5.41) is 53.4. The van der Waals surface area contributed by atoms with E-state index >= 15 is 0 Å². The van der Waals surface area contributed by atoms with E-state index in [1.807, 2.05) is 4.90 Å². The molecular weight excluding hydrogens is 855 g/mol. The Morgan fingerprint density at radius 2 is 1.11 bits per heavy atom. The Morgan fingerprint density at radius 1 is 0.631 bits per heavy atom. The number of nitrogen functional groups attached to an aromatic ring is 3. The maximum atomic E-state index is 12.4. The zero-order valence-electron chi connectivity index (χ0n) is 34.1. The van der Waals surface area contributed by atoms with Crippen molar-refractivity contribution < 1.29 is 54.3 Å². The Bertz CT molecular complexity index is 2740. The van der Waals surface area contributed by atoms with Crippen LogP contribution in [0.15, 0.2) is 60.9 Å². The Balaban J connectivity index is 0.000000244. The molecule has 14 N–H and O–H groups in total. The number of amides is 2. The lowest BCUT2D eigenvalue weighted by Gasteiger charge is -2.19. The summed E-state index contributed by atoms with van der Waals surface area (Å²) < 4.78 is 0. The van der Waals surface area contributed by atoms with Crippen LogP contribution in [0.4, 0.5) is 29.1 Å². The van der Waals surface area contributed by atoms with Gasteiger partial charge in [0.05, 0.1) is 36.9 Å². The summed E-state index contributed by atoms with van der Waals surface area (Å²) in [6.07, 6.45) is 1.82. The highest BCUT2D eigenvalue weighted by atomic mass is 16.4. The molecule has 2 amide bonds. The van der Waals surface area contributed by atoms with Gasteiger partial charge >= 0.3 is 23.9 Å². The first-order valence-corrected chi connectivity index (χ1v) is 19.1. The van der Waals surface area contributed by atoms with Gasteiger partial charge in [-0.25, -0.2) is 29.5 Å². The van der Waals surface area contributed by atoms with Gasteiger partial charge in [-0.1, -0.05) is 0 Å². The van der Waals surface area contributed by atoms with Crippen LogP contribution in [0.3, 0.4) is 0 Å². The molecule has 26 nitrogen and oxygen atoms in total. The van der Waals surface area contributed by atoms with Crippen LogP contribution in [0.1, 0.15) is 57.8 Å². The minimum atomic E-state index is -1.31. The Hall–Kier alpha value is -9.10. The zero-order chi connectivity index (χ0) is 47.4. The average Bonchev–Trinajstić information content (AvgIpc) is 3.26.